The van der Waals surface area contributed by atoms with E-state index in [1.165, 1.54) is 0 Å². The number of anilines is 2. The molecular weight excluding hydrogens is 256 g/mol. The molecule has 0 amide bonds. The summed E-state index contributed by atoms with van der Waals surface area (Å²) in [7, 11) is 8.15. The van der Waals surface area contributed by atoms with E-state index in [0.717, 1.165) is 22.3 Å². The Morgan fingerprint density at radius 1 is 1.40 bits per heavy atom. The van der Waals surface area contributed by atoms with Crippen LogP contribution in [-0.2, 0) is 0 Å². The van der Waals surface area contributed by atoms with Crippen molar-refractivity contribution in [3.05, 3.63) is 34.4 Å². The predicted octanol–water partition coefficient (Wildman–Crippen LogP) is 2.21. The van der Waals surface area contributed by atoms with Crippen LogP contribution in [0.1, 0.15) is 13.3 Å². The zero-order valence-corrected chi connectivity index (χ0v) is 13.0. The minimum atomic E-state index is -0.332. The van der Waals surface area contributed by atoms with Gasteiger partial charge in [0.25, 0.3) is 6.67 Å². The molecule has 0 aliphatic rings. The summed E-state index contributed by atoms with van der Waals surface area (Å²) in [4.78, 5) is 11.9. The lowest BCUT2D eigenvalue weighted by molar-refractivity contribution is -0.892. The monoisotopic (exact) mass is 281 g/mol. The fourth-order valence-electron chi connectivity index (χ4n) is 2.12. The van der Waals surface area contributed by atoms with Crippen molar-refractivity contribution in [1.29, 1.82) is 0 Å². The maximum Gasteiger partial charge on any atom is 0.277 e. The predicted molar refractivity (Wildman–Crippen MR) is 82.4 cm³/mol. The van der Waals surface area contributed by atoms with Crippen molar-refractivity contribution in [2.45, 2.75) is 19.5 Å². The Bertz CT molecular complexity index is 457. The lowest BCUT2D eigenvalue weighted by Gasteiger charge is -2.34. The van der Waals surface area contributed by atoms with Crippen LogP contribution < -0.4 is 10.2 Å². The third kappa shape index (κ3) is 4.70. The van der Waals surface area contributed by atoms with E-state index in [4.69, 9.17) is 0 Å². The van der Waals surface area contributed by atoms with E-state index < -0.39 is 0 Å². The van der Waals surface area contributed by atoms with E-state index in [0.29, 0.717) is 6.17 Å². The van der Waals surface area contributed by atoms with Gasteiger partial charge in [-0.05, 0) is 18.2 Å². The normalized spacial score (nSPS) is 12.8. The molecule has 0 heterocycles. The van der Waals surface area contributed by atoms with Crippen LogP contribution in [0.15, 0.2) is 24.3 Å². The molecule has 1 unspecified atom stereocenters. The Kier molecular flexibility index (Phi) is 5.33. The summed E-state index contributed by atoms with van der Waals surface area (Å²) < 4.78 is 0.811. The summed E-state index contributed by atoms with van der Waals surface area (Å²) in [6, 6.07) is 7.72. The molecule has 0 aliphatic heterocycles. The average Bonchev–Trinajstić information content (AvgIpc) is 2.34. The van der Waals surface area contributed by atoms with Crippen LogP contribution in [0.3, 0.4) is 0 Å². The molecule has 1 aromatic rings. The van der Waals surface area contributed by atoms with Crippen molar-refractivity contribution < 1.29 is 9.41 Å². The van der Waals surface area contributed by atoms with Gasteiger partial charge in [-0.2, -0.15) is 0 Å². The van der Waals surface area contributed by atoms with Crippen LogP contribution in [0.2, 0.25) is 0 Å². The van der Waals surface area contributed by atoms with Crippen LogP contribution >= 0.6 is 0 Å². The van der Waals surface area contributed by atoms with Gasteiger partial charge in [0.2, 0.25) is 0 Å². The Labute approximate surface area is 120 Å². The molecule has 0 aromatic heterocycles. The van der Waals surface area contributed by atoms with Gasteiger partial charge in [0.05, 0.1) is 21.1 Å². The van der Waals surface area contributed by atoms with Gasteiger partial charge in [0.1, 0.15) is 0 Å². The Hall–Kier alpha value is -1.82. The molecule has 0 saturated heterocycles. The standard InChI is InChI=1S/C14H25N4O2/c1-6-14(18(3,4)5)15-12-8-7-9-13(10-12)16(2)11-17(19)20/h7-10,14-15H,6,11H2,1-5H3/q+1. The van der Waals surface area contributed by atoms with Crippen LogP contribution in [-0.4, -0.2) is 50.4 Å². The fourth-order valence-corrected chi connectivity index (χ4v) is 2.12. The summed E-state index contributed by atoms with van der Waals surface area (Å²) in [6.45, 7) is 1.94. The first kappa shape index (κ1) is 16.2. The van der Waals surface area contributed by atoms with Gasteiger partial charge in [0.15, 0.2) is 6.17 Å². The maximum atomic E-state index is 10.6. The molecule has 0 radical (unpaired) electrons. The van der Waals surface area contributed by atoms with Crippen molar-refractivity contribution in [1.82, 2.24) is 0 Å². The van der Waals surface area contributed by atoms with Gasteiger partial charge < -0.3 is 14.7 Å². The Balaban J connectivity index is 2.85. The number of rotatable bonds is 7. The zero-order chi connectivity index (χ0) is 15.3. The van der Waals surface area contributed by atoms with Crippen LogP contribution in [0.4, 0.5) is 11.4 Å². The SMILES string of the molecule is CCC(Nc1cccc(N(C)C[N+](=O)[O-])c1)[N+](C)(C)C. The molecular formula is C14H25N4O2+. The molecule has 1 rings (SSSR count). The van der Waals surface area contributed by atoms with Gasteiger partial charge in [-0.25, -0.2) is 0 Å². The van der Waals surface area contributed by atoms with Crippen LogP contribution in [0.25, 0.3) is 0 Å². The zero-order valence-electron chi connectivity index (χ0n) is 13.0. The quantitative estimate of drug-likeness (QED) is 0.360. The van der Waals surface area contributed by atoms with E-state index >= 15 is 0 Å². The second kappa shape index (κ2) is 6.56. The smallest absolute Gasteiger partial charge is 0.277 e. The first-order valence-electron chi connectivity index (χ1n) is 6.74. The molecule has 0 aliphatic carbocycles. The lowest BCUT2D eigenvalue weighted by Crippen LogP contribution is -2.49. The summed E-state index contributed by atoms with van der Waals surface area (Å²) in [5, 5.41) is 14.1. The topological polar surface area (TPSA) is 58.4 Å². The van der Waals surface area contributed by atoms with Crippen molar-refractivity contribution >= 4 is 11.4 Å². The average molecular weight is 281 g/mol. The molecule has 6 heteroatoms. The first-order chi connectivity index (χ1) is 9.24. The molecule has 1 N–H and O–H groups in total. The Morgan fingerprint density at radius 2 is 2.05 bits per heavy atom. The summed E-state index contributed by atoms with van der Waals surface area (Å²) in [5.41, 5.74) is 1.82. The van der Waals surface area contributed by atoms with E-state index in [1.54, 1.807) is 11.9 Å². The van der Waals surface area contributed by atoms with Crippen LogP contribution in [0.5, 0.6) is 0 Å². The van der Waals surface area contributed by atoms with Crippen LogP contribution in [0, 0.1) is 10.1 Å². The molecule has 6 nitrogen and oxygen atoms in total. The highest BCUT2D eigenvalue weighted by atomic mass is 16.6. The second-order valence-corrected chi connectivity index (χ2v) is 5.91. The van der Waals surface area contributed by atoms with Crippen molar-refractivity contribution in [2.24, 2.45) is 0 Å². The highest BCUT2D eigenvalue weighted by Gasteiger charge is 2.21. The van der Waals surface area contributed by atoms with Crippen molar-refractivity contribution in [2.75, 3.05) is 45.1 Å². The molecule has 0 fully saturated rings. The highest BCUT2D eigenvalue weighted by Crippen LogP contribution is 2.20. The van der Waals surface area contributed by atoms with Crippen molar-refractivity contribution in [3.63, 3.8) is 0 Å². The van der Waals surface area contributed by atoms with Crippen molar-refractivity contribution in [3.8, 4) is 0 Å². The third-order valence-electron chi connectivity index (χ3n) is 3.27. The molecule has 112 valence electrons. The second-order valence-electron chi connectivity index (χ2n) is 5.91. The van der Waals surface area contributed by atoms with Gasteiger partial charge >= 0.3 is 0 Å². The summed E-state index contributed by atoms with van der Waals surface area (Å²) >= 11 is 0. The number of nitrogens with one attached hydrogen (secondary N) is 1. The minimum absolute atomic E-state index is 0.198. The largest absolute Gasteiger partial charge is 0.336 e. The number of nitro groups is 1. The molecule has 20 heavy (non-hydrogen) atoms. The minimum Gasteiger partial charge on any atom is -0.336 e. The number of hydrogen-bond donors (Lipinski definition) is 1. The van der Waals surface area contributed by atoms with Gasteiger partial charge in [-0.15, -0.1) is 0 Å². The van der Waals surface area contributed by atoms with Gasteiger partial charge in [0, 0.05) is 29.8 Å². The summed E-state index contributed by atoms with van der Waals surface area (Å²) in [6.07, 6.45) is 1.30. The van der Waals surface area contributed by atoms with Gasteiger partial charge in [-0.1, -0.05) is 13.0 Å². The van der Waals surface area contributed by atoms with E-state index in [1.807, 2.05) is 24.3 Å². The van der Waals surface area contributed by atoms with E-state index in [-0.39, 0.29) is 11.6 Å². The number of quaternary nitrogens is 1. The lowest BCUT2D eigenvalue weighted by atomic mass is 10.2. The molecule has 0 saturated carbocycles. The highest BCUT2D eigenvalue weighted by molar-refractivity contribution is 5.57. The number of nitrogens with zero attached hydrogens (tertiary/aromatic N) is 3. The molecule has 0 spiro atoms. The first-order valence-corrected chi connectivity index (χ1v) is 6.74. The van der Waals surface area contributed by atoms with E-state index in [2.05, 4.69) is 33.4 Å². The van der Waals surface area contributed by atoms with E-state index in [9.17, 15) is 10.1 Å². The molecule has 0 bridgehead atoms. The molecule has 1 atom stereocenters. The molecule has 1 aromatic carbocycles. The summed E-state index contributed by atoms with van der Waals surface area (Å²) in [5.74, 6) is 0. The maximum absolute atomic E-state index is 10.6. The number of benzene rings is 1. The third-order valence-corrected chi connectivity index (χ3v) is 3.27. The van der Waals surface area contributed by atoms with Gasteiger partial charge in [-0.3, -0.25) is 10.1 Å². The fraction of sp³-hybridized carbons (Fsp3) is 0.571. The number of hydrogen-bond acceptors (Lipinski definition) is 4. The Morgan fingerprint density at radius 3 is 2.55 bits per heavy atom.